The highest BCUT2D eigenvalue weighted by Gasteiger charge is 2.15. The van der Waals surface area contributed by atoms with E-state index < -0.39 is 0 Å². The van der Waals surface area contributed by atoms with E-state index in [2.05, 4.69) is 11.4 Å². The summed E-state index contributed by atoms with van der Waals surface area (Å²) in [6, 6.07) is 8.99. The number of hydrogen-bond donors (Lipinski definition) is 1. The summed E-state index contributed by atoms with van der Waals surface area (Å²) in [5.74, 6) is -0.178. The molecule has 0 unspecified atom stereocenters. The predicted molar refractivity (Wildman–Crippen MR) is 71.6 cm³/mol. The van der Waals surface area contributed by atoms with Crippen molar-refractivity contribution in [1.29, 1.82) is 5.26 Å². The van der Waals surface area contributed by atoms with Gasteiger partial charge >= 0.3 is 0 Å². The van der Waals surface area contributed by atoms with Crippen molar-refractivity contribution in [3.63, 3.8) is 0 Å². The molecule has 0 aliphatic heterocycles. The molecule has 1 rings (SSSR count). The third-order valence-electron chi connectivity index (χ3n) is 2.94. The van der Waals surface area contributed by atoms with Crippen LogP contribution in [-0.4, -0.2) is 13.1 Å². The topological polar surface area (TPSA) is 35.8 Å². The second-order valence-corrected chi connectivity index (χ2v) is 5.23. The van der Waals surface area contributed by atoms with E-state index in [1.165, 1.54) is 6.07 Å². The van der Waals surface area contributed by atoms with Gasteiger partial charge in [0.25, 0.3) is 0 Å². The summed E-state index contributed by atoms with van der Waals surface area (Å²) in [4.78, 5) is 0. The molecule has 0 aromatic heterocycles. The van der Waals surface area contributed by atoms with Gasteiger partial charge in [-0.05, 0) is 63.9 Å². The smallest absolute Gasteiger partial charge is 0.123 e. The first-order chi connectivity index (χ1) is 8.53. The van der Waals surface area contributed by atoms with Crippen LogP contribution in [0.15, 0.2) is 24.3 Å². The fourth-order valence-electron chi connectivity index (χ4n) is 1.76. The van der Waals surface area contributed by atoms with E-state index in [-0.39, 0.29) is 11.2 Å². The Morgan fingerprint density at radius 2 is 2.11 bits per heavy atom. The van der Waals surface area contributed by atoms with Gasteiger partial charge in [0, 0.05) is 0 Å². The Bertz CT molecular complexity index is 407. The minimum absolute atomic E-state index is 0.178. The molecule has 0 fully saturated rings. The van der Waals surface area contributed by atoms with Crippen LogP contribution >= 0.6 is 0 Å². The van der Waals surface area contributed by atoms with Crippen molar-refractivity contribution in [2.45, 2.75) is 33.1 Å². The maximum Gasteiger partial charge on any atom is 0.123 e. The molecule has 0 saturated heterocycles. The summed E-state index contributed by atoms with van der Waals surface area (Å²) >= 11 is 0. The van der Waals surface area contributed by atoms with Gasteiger partial charge in [0.1, 0.15) is 5.82 Å². The zero-order chi connectivity index (χ0) is 13.4. The first-order valence-electron chi connectivity index (χ1n) is 6.40. The fourth-order valence-corrected chi connectivity index (χ4v) is 1.76. The molecule has 18 heavy (non-hydrogen) atoms. The second kappa shape index (κ2) is 7.13. The van der Waals surface area contributed by atoms with Gasteiger partial charge in [0.15, 0.2) is 0 Å². The lowest BCUT2D eigenvalue weighted by Gasteiger charge is -2.14. The van der Waals surface area contributed by atoms with E-state index in [0.29, 0.717) is 0 Å². The van der Waals surface area contributed by atoms with Crippen molar-refractivity contribution in [3.05, 3.63) is 35.6 Å². The normalized spacial score (nSPS) is 11.2. The minimum atomic E-state index is -0.232. The van der Waals surface area contributed by atoms with Crippen LogP contribution in [0.2, 0.25) is 0 Å². The summed E-state index contributed by atoms with van der Waals surface area (Å²) in [5.41, 5.74) is 0.782. The van der Waals surface area contributed by atoms with Gasteiger partial charge in [-0.15, -0.1) is 0 Å². The van der Waals surface area contributed by atoms with Crippen molar-refractivity contribution in [2.75, 3.05) is 13.1 Å². The van der Waals surface area contributed by atoms with Gasteiger partial charge in [-0.25, -0.2) is 4.39 Å². The Labute approximate surface area is 109 Å². The van der Waals surface area contributed by atoms with E-state index in [1.54, 1.807) is 12.1 Å². The molecule has 0 radical (unpaired) electrons. The van der Waals surface area contributed by atoms with Gasteiger partial charge < -0.3 is 5.32 Å². The van der Waals surface area contributed by atoms with Crippen molar-refractivity contribution in [3.8, 4) is 6.07 Å². The van der Waals surface area contributed by atoms with Crippen LogP contribution in [0.5, 0.6) is 0 Å². The number of nitrogens with one attached hydrogen (secondary N) is 1. The molecule has 0 spiro atoms. The van der Waals surface area contributed by atoms with Gasteiger partial charge in [-0.1, -0.05) is 12.1 Å². The third kappa shape index (κ3) is 5.79. The Hall–Kier alpha value is -1.40. The Kier molecular flexibility index (Phi) is 5.80. The highest BCUT2D eigenvalue weighted by molar-refractivity contribution is 5.16. The summed E-state index contributed by atoms with van der Waals surface area (Å²) in [5, 5.41) is 12.2. The lowest BCUT2D eigenvalue weighted by Crippen LogP contribution is -2.20. The van der Waals surface area contributed by atoms with E-state index in [4.69, 9.17) is 5.26 Å². The molecule has 0 saturated carbocycles. The highest BCUT2D eigenvalue weighted by atomic mass is 19.1. The molecule has 2 nitrogen and oxygen atoms in total. The van der Waals surface area contributed by atoms with Gasteiger partial charge in [0.05, 0.1) is 11.5 Å². The summed E-state index contributed by atoms with van der Waals surface area (Å²) in [6.07, 6.45) is 2.72. The number of halogens is 1. The Morgan fingerprint density at radius 3 is 2.78 bits per heavy atom. The molecule has 1 N–H and O–H groups in total. The predicted octanol–water partition coefficient (Wildman–Crippen LogP) is 3.29. The summed E-state index contributed by atoms with van der Waals surface area (Å²) in [6.45, 7) is 5.66. The maximum atomic E-state index is 12.9. The number of nitriles is 1. The third-order valence-corrected chi connectivity index (χ3v) is 2.94. The molecular weight excluding hydrogens is 227 g/mol. The van der Waals surface area contributed by atoms with Gasteiger partial charge in [-0.3, -0.25) is 0 Å². The molecule has 0 aliphatic carbocycles. The molecule has 0 heterocycles. The average molecular weight is 248 g/mol. The summed E-state index contributed by atoms with van der Waals surface area (Å²) in [7, 11) is 0. The zero-order valence-electron chi connectivity index (χ0n) is 11.2. The molecule has 1 aromatic carbocycles. The van der Waals surface area contributed by atoms with Crippen molar-refractivity contribution in [1.82, 2.24) is 5.32 Å². The second-order valence-electron chi connectivity index (χ2n) is 5.23. The van der Waals surface area contributed by atoms with E-state index in [1.807, 2.05) is 19.9 Å². The Balaban J connectivity index is 2.11. The van der Waals surface area contributed by atoms with Crippen LogP contribution in [0.1, 0.15) is 32.3 Å². The Morgan fingerprint density at radius 1 is 1.33 bits per heavy atom. The monoisotopic (exact) mass is 248 g/mol. The van der Waals surface area contributed by atoms with Crippen LogP contribution in [0.3, 0.4) is 0 Å². The minimum Gasteiger partial charge on any atom is -0.316 e. The number of nitrogens with zero attached hydrogens (tertiary/aromatic N) is 1. The zero-order valence-corrected chi connectivity index (χ0v) is 11.2. The highest BCUT2D eigenvalue weighted by Crippen LogP contribution is 2.19. The molecule has 0 bridgehead atoms. The number of benzene rings is 1. The van der Waals surface area contributed by atoms with Crippen molar-refractivity contribution >= 4 is 0 Å². The molecule has 1 aromatic rings. The largest absolute Gasteiger partial charge is 0.316 e. The van der Waals surface area contributed by atoms with Crippen LogP contribution in [0.4, 0.5) is 4.39 Å². The van der Waals surface area contributed by atoms with Crippen LogP contribution in [0, 0.1) is 22.6 Å². The van der Waals surface area contributed by atoms with Crippen LogP contribution < -0.4 is 5.32 Å². The quantitative estimate of drug-likeness (QED) is 0.752. The molecular formula is C15H21FN2. The van der Waals surface area contributed by atoms with Gasteiger partial charge in [0.2, 0.25) is 0 Å². The molecule has 3 heteroatoms. The molecule has 0 aliphatic rings. The van der Waals surface area contributed by atoms with Crippen LogP contribution in [-0.2, 0) is 6.42 Å². The fraction of sp³-hybridized carbons (Fsp3) is 0.533. The SMILES string of the molecule is CC(C)(C#N)CCCNCCc1cccc(F)c1. The first kappa shape index (κ1) is 14.7. The average Bonchev–Trinajstić information content (AvgIpc) is 2.34. The summed E-state index contributed by atoms with van der Waals surface area (Å²) < 4.78 is 12.9. The van der Waals surface area contributed by atoms with E-state index >= 15 is 0 Å². The van der Waals surface area contributed by atoms with Crippen molar-refractivity contribution in [2.24, 2.45) is 5.41 Å². The lowest BCUT2D eigenvalue weighted by atomic mass is 9.90. The number of rotatable bonds is 7. The molecule has 0 atom stereocenters. The molecule has 98 valence electrons. The van der Waals surface area contributed by atoms with Crippen LogP contribution in [0.25, 0.3) is 0 Å². The van der Waals surface area contributed by atoms with E-state index in [9.17, 15) is 4.39 Å². The number of hydrogen-bond acceptors (Lipinski definition) is 2. The lowest BCUT2D eigenvalue weighted by molar-refractivity contribution is 0.426. The molecule has 0 amide bonds. The van der Waals surface area contributed by atoms with Crippen molar-refractivity contribution < 1.29 is 4.39 Å². The van der Waals surface area contributed by atoms with Gasteiger partial charge in [-0.2, -0.15) is 5.26 Å². The maximum absolute atomic E-state index is 12.9. The van der Waals surface area contributed by atoms with E-state index in [0.717, 1.165) is 37.9 Å². The standard InChI is InChI=1S/C15H21FN2/c1-15(2,12-17)8-4-9-18-10-7-13-5-3-6-14(16)11-13/h3,5-6,11,18H,4,7-10H2,1-2H3. The first-order valence-corrected chi connectivity index (χ1v) is 6.40.